The Morgan fingerprint density at radius 1 is 1.22 bits per heavy atom. The first-order chi connectivity index (χ1) is 12.8. The average molecular weight is 428 g/mol. The van der Waals surface area contributed by atoms with Crippen LogP contribution in [0.4, 0.5) is 5.69 Å². The highest BCUT2D eigenvalue weighted by molar-refractivity contribution is 9.10. The lowest BCUT2D eigenvalue weighted by molar-refractivity contribution is -0.384. The van der Waals surface area contributed by atoms with Crippen LogP contribution >= 0.6 is 15.9 Å². The Labute approximate surface area is 166 Å². The third-order valence-corrected chi connectivity index (χ3v) is 6.01. The molecule has 2 N–H and O–H groups in total. The standard InChI is InChI=1S/C21H22BrN3O2/c1-21(2,13-3-7-16(8-4-13)25(26)27)24-15-6-10-20-18(12-15)17-11-14(22)5-9-19(17)23-20/h3-5,7-9,11,15,23-24H,6,10,12H2,1-2H3/t15-/m1/s1. The summed E-state index contributed by atoms with van der Waals surface area (Å²) in [7, 11) is 0. The first kappa shape index (κ1) is 18.2. The number of hydrogen-bond acceptors (Lipinski definition) is 3. The molecule has 140 valence electrons. The number of rotatable bonds is 4. The van der Waals surface area contributed by atoms with Crippen LogP contribution in [0.3, 0.4) is 0 Å². The summed E-state index contributed by atoms with van der Waals surface area (Å²) >= 11 is 3.58. The Balaban J connectivity index is 1.56. The molecule has 3 aromatic rings. The molecule has 0 saturated carbocycles. The normalized spacial score (nSPS) is 17.1. The van der Waals surface area contributed by atoms with Crippen LogP contribution in [-0.4, -0.2) is 15.9 Å². The van der Waals surface area contributed by atoms with Crippen LogP contribution in [-0.2, 0) is 18.4 Å². The topological polar surface area (TPSA) is 71.0 Å². The Morgan fingerprint density at radius 2 is 1.96 bits per heavy atom. The van der Waals surface area contributed by atoms with E-state index in [0.29, 0.717) is 6.04 Å². The number of aryl methyl sites for hydroxylation is 1. The van der Waals surface area contributed by atoms with E-state index in [1.54, 1.807) is 12.1 Å². The highest BCUT2D eigenvalue weighted by atomic mass is 79.9. The van der Waals surface area contributed by atoms with Crippen molar-refractivity contribution in [3.8, 4) is 0 Å². The summed E-state index contributed by atoms with van der Waals surface area (Å²) in [6.07, 6.45) is 3.06. The number of benzene rings is 2. The summed E-state index contributed by atoms with van der Waals surface area (Å²) in [5.41, 5.74) is 4.85. The second-order valence-corrected chi connectivity index (χ2v) is 8.70. The molecule has 4 rings (SSSR count). The summed E-state index contributed by atoms with van der Waals surface area (Å²) in [5, 5.41) is 16.0. The Bertz CT molecular complexity index is 1010. The summed E-state index contributed by atoms with van der Waals surface area (Å²) in [4.78, 5) is 14.1. The summed E-state index contributed by atoms with van der Waals surface area (Å²) in [6, 6.07) is 13.6. The number of fused-ring (bicyclic) bond motifs is 3. The predicted molar refractivity (Wildman–Crippen MR) is 111 cm³/mol. The van der Waals surface area contributed by atoms with Crippen LogP contribution in [0.15, 0.2) is 46.9 Å². The van der Waals surface area contributed by atoms with Crippen molar-refractivity contribution in [1.29, 1.82) is 0 Å². The van der Waals surface area contributed by atoms with Crippen molar-refractivity contribution >= 4 is 32.5 Å². The van der Waals surface area contributed by atoms with Gasteiger partial charge in [-0.25, -0.2) is 0 Å². The highest BCUT2D eigenvalue weighted by Crippen LogP contribution is 2.33. The van der Waals surface area contributed by atoms with Crippen LogP contribution in [0, 0.1) is 10.1 Å². The van der Waals surface area contributed by atoms with Crippen LogP contribution in [0.1, 0.15) is 37.1 Å². The molecule has 1 aromatic heterocycles. The van der Waals surface area contributed by atoms with E-state index in [1.807, 2.05) is 12.1 Å². The minimum atomic E-state index is -0.359. The first-order valence-corrected chi connectivity index (χ1v) is 9.94. The summed E-state index contributed by atoms with van der Waals surface area (Å²) < 4.78 is 1.10. The number of nitro benzene ring substituents is 1. The van der Waals surface area contributed by atoms with Crippen molar-refractivity contribution in [2.75, 3.05) is 0 Å². The van der Waals surface area contributed by atoms with Gasteiger partial charge < -0.3 is 10.3 Å². The van der Waals surface area contributed by atoms with Gasteiger partial charge in [0.05, 0.1) is 4.92 Å². The van der Waals surface area contributed by atoms with Gasteiger partial charge in [0.25, 0.3) is 5.69 Å². The number of aromatic amines is 1. The van der Waals surface area contributed by atoms with Gasteiger partial charge >= 0.3 is 0 Å². The van der Waals surface area contributed by atoms with Crippen LogP contribution in [0.5, 0.6) is 0 Å². The summed E-state index contributed by atoms with van der Waals surface area (Å²) in [5.74, 6) is 0. The lowest BCUT2D eigenvalue weighted by atomic mass is 9.87. The molecule has 0 amide bonds. The van der Waals surface area contributed by atoms with Gasteiger partial charge in [-0.05, 0) is 62.4 Å². The highest BCUT2D eigenvalue weighted by Gasteiger charge is 2.29. The molecular formula is C21H22BrN3O2. The minimum absolute atomic E-state index is 0.126. The molecule has 1 aliphatic rings. The van der Waals surface area contributed by atoms with Crippen molar-refractivity contribution in [3.05, 3.63) is 73.9 Å². The molecule has 0 aliphatic heterocycles. The number of non-ortho nitro benzene ring substituents is 1. The molecule has 0 spiro atoms. The molecule has 1 atom stereocenters. The van der Waals surface area contributed by atoms with Crippen molar-refractivity contribution in [1.82, 2.24) is 10.3 Å². The minimum Gasteiger partial charge on any atom is -0.358 e. The van der Waals surface area contributed by atoms with Gasteiger partial charge in [0, 0.05) is 44.8 Å². The van der Waals surface area contributed by atoms with Gasteiger partial charge in [-0.15, -0.1) is 0 Å². The fourth-order valence-corrected chi connectivity index (χ4v) is 4.47. The molecule has 27 heavy (non-hydrogen) atoms. The second kappa shape index (κ2) is 6.77. The van der Waals surface area contributed by atoms with Crippen LogP contribution < -0.4 is 5.32 Å². The molecule has 0 bridgehead atoms. The van der Waals surface area contributed by atoms with Gasteiger partial charge in [0.2, 0.25) is 0 Å². The van der Waals surface area contributed by atoms with E-state index < -0.39 is 0 Å². The monoisotopic (exact) mass is 427 g/mol. The Kier molecular flexibility index (Phi) is 4.56. The Hall–Kier alpha value is -2.18. The zero-order valence-corrected chi connectivity index (χ0v) is 17.0. The molecule has 0 radical (unpaired) electrons. The molecule has 0 fully saturated rings. The fourth-order valence-electron chi connectivity index (χ4n) is 4.11. The quantitative estimate of drug-likeness (QED) is 0.442. The van der Waals surface area contributed by atoms with Crippen molar-refractivity contribution in [3.63, 3.8) is 0 Å². The largest absolute Gasteiger partial charge is 0.358 e. The Morgan fingerprint density at radius 3 is 2.67 bits per heavy atom. The molecule has 6 heteroatoms. The molecular weight excluding hydrogens is 406 g/mol. The third-order valence-electron chi connectivity index (χ3n) is 5.51. The first-order valence-electron chi connectivity index (χ1n) is 9.15. The van der Waals surface area contributed by atoms with Crippen LogP contribution in [0.2, 0.25) is 0 Å². The number of H-pyrrole nitrogens is 1. The van der Waals surface area contributed by atoms with E-state index in [4.69, 9.17) is 0 Å². The van der Waals surface area contributed by atoms with E-state index >= 15 is 0 Å². The number of nitro groups is 1. The number of hydrogen-bond donors (Lipinski definition) is 2. The zero-order valence-electron chi connectivity index (χ0n) is 15.4. The smallest absolute Gasteiger partial charge is 0.269 e. The van der Waals surface area contributed by atoms with Crippen molar-refractivity contribution in [2.24, 2.45) is 0 Å². The number of halogens is 1. The van der Waals surface area contributed by atoms with Crippen LogP contribution in [0.25, 0.3) is 10.9 Å². The van der Waals surface area contributed by atoms with E-state index in [1.165, 1.54) is 22.2 Å². The molecule has 2 aromatic carbocycles. The maximum atomic E-state index is 10.9. The third kappa shape index (κ3) is 3.51. The average Bonchev–Trinajstić information content (AvgIpc) is 2.99. The maximum Gasteiger partial charge on any atom is 0.269 e. The van der Waals surface area contributed by atoms with E-state index in [9.17, 15) is 10.1 Å². The lowest BCUT2D eigenvalue weighted by Crippen LogP contribution is -2.46. The number of nitrogens with one attached hydrogen (secondary N) is 2. The number of aromatic nitrogens is 1. The van der Waals surface area contributed by atoms with Gasteiger partial charge in [-0.1, -0.05) is 28.1 Å². The predicted octanol–water partition coefficient (Wildman–Crippen LogP) is 5.22. The van der Waals surface area contributed by atoms with E-state index in [-0.39, 0.29) is 16.1 Å². The maximum absolute atomic E-state index is 10.9. The molecule has 1 heterocycles. The molecule has 0 unspecified atom stereocenters. The van der Waals surface area contributed by atoms with Gasteiger partial charge in [-0.3, -0.25) is 10.1 Å². The van der Waals surface area contributed by atoms with E-state index in [0.717, 1.165) is 29.3 Å². The molecule has 1 aliphatic carbocycles. The summed E-state index contributed by atoms with van der Waals surface area (Å²) in [6.45, 7) is 4.27. The SMILES string of the molecule is CC(C)(N[C@@H]1CCc2[nH]c3ccc(Br)cc3c2C1)c1ccc([N+](=O)[O-])cc1. The van der Waals surface area contributed by atoms with Crippen molar-refractivity contribution in [2.45, 2.75) is 44.7 Å². The fraction of sp³-hybridized carbons (Fsp3) is 0.333. The zero-order chi connectivity index (χ0) is 19.2. The molecule has 0 saturated heterocycles. The van der Waals surface area contributed by atoms with Gasteiger partial charge in [0.1, 0.15) is 0 Å². The molecule has 5 nitrogen and oxygen atoms in total. The van der Waals surface area contributed by atoms with E-state index in [2.05, 4.69) is 58.3 Å². The lowest BCUT2D eigenvalue weighted by Gasteiger charge is -2.34. The number of nitrogens with zero attached hydrogens (tertiary/aromatic N) is 1. The second-order valence-electron chi connectivity index (χ2n) is 7.79. The van der Waals surface area contributed by atoms with Gasteiger partial charge in [0.15, 0.2) is 0 Å². The van der Waals surface area contributed by atoms with Crippen molar-refractivity contribution < 1.29 is 4.92 Å². The van der Waals surface area contributed by atoms with Gasteiger partial charge in [-0.2, -0.15) is 0 Å².